The summed E-state index contributed by atoms with van der Waals surface area (Å²) in [7, 11) is 0. The maximum absolute atomic E-state index is 11.9. The molecule has 88 valence electrons. The highest BCUT2D eigenvalue weighted by Gasteiger charge is 2.25. The first-order chi connectivity index (χ1) is 7.79. The fraction of sp³-hybridized carbons (Fsp3) is 0.583. The van der Waals surface area contributed by atoms with Crippen LogP contribution < -0.4 is 0 Å². The summed E-state index contributed by atoms with van der Waals surface area (Å²) in [6.45, 7) is 2.28. The van der Waals surface area contributed by atoms with Crippen LogP contribution in [0.15, 0.2) is 23.8 Å². The molecule has 1 aliphatic heterocycles. The number of amides is 1. The highest BCUT2D eigenvalue weighted by Crippen LogP contribution is 2.15. The fourth-order valence-corrected chi connectivity index (χ4v) is 1.94. The lowest BCUT2D eigenvalue weighted by Crippen LogP contribution is -2.46. The first-order valence-electron chi connectivity index (χ1n) is 5.70. The van der Waals surface area contributed by atoms with E-state index in [1.807, 2.05) is 18.2 Å². The second kappa shape index (κ2) is 5.27. The number of ether oxygens (including phenoxy) is 1. The summed E-state index contributed by atoms with van der Waals surface area (Å²) < 4.78 is 5.17. The third-order valence-electron chi connectivity index (χ3n) is 2.90. The van der Waals surface area contributed by atoms with Crippen LogP contribution in [0.25, 0.3) is 0 Å². The van der Waals surface area contributed by atoms with Crippen molar-refractivity contribution in [2.45, 2.75) is 18.9 Å². The lowest BCUT2D eigenvalue weighted by molar-refractivity contribution is -0.142. The summed E-state index contributed by atoms with van der Waals surface area (Å²) in [5.74, 6) is -0.207. The van der Waals surface area contributed by atoms with E-state index < -0.39 is 6.10 Å². The van der Waals surface area contributed by atoms with Gasteiger partial charge in [0.15, 0.2) is 6.10 Å². The van der Waals surface area contributed by atoms with E-state index in [4.69, 9.17) is 4.74 Å². The summed E-state index contributed by atoms with van der Waals surface area (Å²) >= 11 is 0. The standard InChI is InChI=1S/C12H17NO3/c14-11(10-4-2-1-3-5-10)12(15)13-6-8-16-9-7-13/h2,4-5,11,14H,1,3,6-9H2. The number of hydrogen-bond donors (Lipinski definition) is 1. The number of morpholine rings is 1. The minimum absolute atomic E-state index is 0.207. The van der Waals surface area contributed by atoms with Crippen LogP contribution in [0.4, 0.5) is 0 Å². The van der Waals surface area contributed by atoms with E-state index in [9.17, 15) is 9.90 Å². The molecule has 0 saturated carbocycles. The maximum atomic E-state index is 11.9. The van der Waals surface area contributed by atoms with Crippen LogP contribution in [-0.4, -0.2) is 48.3 Å². The van der Waals surface area contributed by atoms with Gasteiger partial charge in [0.05, 0.1) is 13.2 Å². The molecule has 0 aromatic heterocycles. The summed E-state index contributed by atoms with van der Waals surface area (Å²) in [4.78, 5) is 13.6. The number of aliphatic hydroxyl groups excluding tert-OH is 1. The monoisotopic (exact) mass is 223 g/mol. The molecule has 1 heterocycles. The van der Waals surface area contributed by atoms with Crippen LogP contribution in [0.1, 0.15) is 12.8 Å². The number of aliphatic hydroxyl groups is 1. The Hall–Kier alpha value is -1.13. The molecule has 4 heteroatoms. The Morgan fingerprint density at radius 1 is 1.38 bits per heavy atom. The van der Waals surface area contributed by atoms with Crippen LogP contribution >= 0.6 is 0 Å². The largest absolute Gasteiger partial charge is 0.378 e. The minimum Gasteiger partial charge on any atom is -0.378 e. The zero-order valence-corrected chi connectivity index (χ0v) is 9.26. The molecule has 0 spiro atoms. The molecule has 1 atom stereocenters. The number of hydrogen-bond acceptors (Lipinski definition) is 3. The number of nitrogens with zero attached hydrogens (tertiary/aromatic N) is 1. The highest BCUT2D eigenvalue weighted by atomic mass is 16.5. The first-order valence-corrected chi connectivity index (χ1v) is 5.70. The van der Waals surface area contributed by atoms with Crippen LogP contribution in [0.3, 0.4) is 0 Å². The average Bonchev–Trinajstić information content (AvgIpc) is 2.39. The second-order valence-electron chi connectivity index (χ2n) is 4.02. The van der Waals surface area contributed by atoms with Gasteiger partial charge in [-0.15, -0.1) is 0 Å². The van der Waals surface area contributed by atoms with Crippen LogP contribution in [0, 0.1) is 0 Å². The maximum Gasteiger partial charge on any atom is 0.256 e. The molecule has 1 fully saturated rings. The van der Waals surface area contributed by atoms with E-state index in [0.717, 1.165) is 18.4 Å². The number of allylic oxidation sites excluding steroid dienone is 2. The molecule has 1 aliphatic carbocycles. The Balaban J connectivity index is 1.97. The first kappa shape index (κ1) is 11.4. The van der Waals surface area contributed by atoms with Crippen LogP contribution in [0.2, 0.25) is 0 Å². The van der Waals surface area contributed by atoms with Gasteiger partial charge in [0.25, 0.3) is 5.91 Å². The Kier molecular flexibility index (Phi) is 3.74. The van der Waals surface area contributed by atoms with Crippen molar-refractivity contribution in [3.05, 3.63) is 23.8 Å². The van der Waals surface area contributed by atoms with Crippen molar-refractivity contribution in [2.24, 2.45) is 0 Å². The predicted octanol–water partition coefficient (Wildman–Crippen LogP) is 0.482. The van der Waals surface area contributed by atoms with Crippen molar-refractivity contribution < 1.29 is 14.6 Å². The summed E-state index contributed by atoms with van der Waals surface area (Å²) in [6, 6.07) is 0. The van der Waals surface area contributed by atoms with Gasteiger partial charge in [-0.1, -0.05) is 18.2 Å². The van der Waals surface area contributed by atoms with Crippen molar-refractivity contribution in [3.63, 3.8) is 0 Å². The summed E-state index contributed by atoms with van der Waals surface area (Å²) in [6.07, 6.45) is 6.65. The average molecular weight is 223 g/mol. The molecule has 1 N–H and O–H groups in total. The van der Waals surface area contributed by atoms with Gasteiger partial charge in [-0.3, -0.25) is 4.79 Å². The van der Waals surface area contributed by atoms with Gasteiger partial charge in [0.1, 0.15) is 0 Å². The van der Waals surface area contributed by atoms with Crippen LogP contribution in [0.5, 0.6) is 0 Å². The van der Waals surface area contributed by atoms with Crippen molar-refractivity contribution in [2.75, 3.05) is 26.3 Å². The molecule has 1 unspecified atom stereocenters. The van der Waals surface area contributed by atoms with Crippen molar-refractivity contribution in [1.29, 1.82) is 0 Å². The molecule has 0 aromatic carbocycles. The van der Waals surface area contributed by atoms with Gasteiger partial charge in [-0.05, 0) is 18.4 Å². The van der Waals surface area contributed by atoms with Gasteiger partial charge in [-0.25, -0.2) is 0 Å². The lowest BCUT2D eigenvalue weighted by atomic mass is 10.0. The van der Waals surface area contributed by atoms with Crippen molar-refractivity contribution >= 4 is 5.91 Å². The molecular weight excluding hydrogens is 206 g/mol. The molecule has 2 rings (SSSR count). The number of carbonyl (C=O) groups excluding carboxylic acids is 1. The van der Waals surface area contributed by atoms with Crippen LogP contribution in [-0.2, 0) is 9.53 Å². The molecule has 4 nitrogen and oxygen atoms in total. The van der Waals surface area contributed by atoms with E-state index >= 15 is 0 Å². The Labute approximate surface area is 95.2 Å². The summed E-state index contributed by atoms with van der Waals surface area (Å²) in [5.41, 5.74) is 0.725. The summed E-state index contributed by atoms with van der Waals surface area (Å²) in [5, 5.41) is 9.94. The third-order valence-corrected chi connectivity index (χ3v) is 2.90. The smallest absolute Gasteiger partial charge is 0.256 e. The van der Waals surface area contributed by atoms with Gasteiger partial charge < -0.3 is 14.7 Å². The molecule has 0 aromatic rings. The molecule has 0 bridgehead atoms. The number of carbonyl (C=O) groups is 1. The minimum atomic E-state index is -1.00. The Morgan fingerprint density at radius 3 is 2.75 bits per heavy atom. The normalized spacial score (nSPS) is 22.8. The molecule has 2 aliphatic rings. The zero-order chi connectivity index (χ0) is 11.4. The second-order valence-corrected chi connectivity index (χ2v) is 4.02. The third kappa shape index (κ3) is 2.51. The molecule has 0 radical (unpaired) electrons. The quantitative estimate of drug-likeness (QED) is 0.741. The topological polar surface area (TPSA) is 49.8 Å². The molecule has 16 heavy (non-hydrogen) atoms. The van der Waals surface area contributed by atoms with Gasteiger partial charge in [0, 0.05) is 13.1 Å². The predicted molar refractivity (Wildman–Crippen MR) is 59.9 cm³/mol. The van der Waals surface area contributed by atoms with Crippen molar-refractivity contribution in [3.8, 4) is 0 Å². The zero-order valence-electron chi connectivity index (χ0n) is 9.26. The lowest BCUT2D eigenvalue weighted by Gasteiger charge is -2.29. The number of rotatable bonds is 2. The fourth-order valence-electron chi connectivity index (χ4n) is 1.94. The van der Waals surface area contributed by atoms with Gasteiger partial charge >= 0.3 is 0 Å². The Morgan fingerprint density at radius 2 is 2.12 bits per heavy atom. The van der Waals surface area contributed by atoms with E-state index in [-0.39, 0.29) is 5.91 Å². The highest BCUT2D eigenvalue weighted by molar-refractivity contribution is 5.84. The van der Waals surface area contributed by atoms with Gasteiger partial charge in [-0.2, -0.15) is 0 Å². The Bertz CT molecular complexity index is 316. The van der Waals surface area contributed by atoms with E-state index in [1.54, 1.807) is 4.90 Å². The van der Waals surface area contributed by atoms with Crippen molar-refractivity contribution in [1.82, 2.24) is 4.90 Å². The molecular formula is C12H17NO3. The SMILES string of the molecule is O=C(C(O)C1=CCCC=C1)N1CCOCC1. The van der Waals surface area contributed by atoms with E-state index in [2.05, 4.69) is 0 Å². The van der Waals surface area contributed by atoms with Gasteiger partial charge in [0.2, 0.25) is 0 Å². The van der Waals surface area contributed by atoms with E-state index in [0.29, 0.717) is 26.3 Å². The van der Waals surface area contributed by atoms with E-state index in [1.165, 1.54) is 0 Å². The molecule has 1 amide bonds. The molecule has 1 saturated heterocycles.